The lowest BCUT2D eigenvalue weighted by molar-refractivity contribution is -0.126. The molecule has 3 fully saturated rings. The van der Waals surface area contributed by atoms with Crippen LogP contribution < -0.4 is 15.1 Å². The lowest BCUT2D eigenvalue weighted by Gasteiger charge is -2.35. The van der Waals surface area contributed by atoms with Gasteiger partial charge in [0.25, 0.3) is 0 Å². The lowest BCUT2D eigenvalue weighted by atomic mass is 9.92. The number of nitrogens with one attached hydrogen (secondary N) is 1. The second kappa shape index (κ2) is 9.74. The molecule has 0 radical (unpaired) electrons. The van der Waals surface area contributed by atoms with Gasteiger partial charge >= 0.3 is 0 Å². The summed E-state index contributed by atoms with van der Waals surface area (Å²) in [7, 11) is 0. The predicted molar refractivity (Wildman–Crippen MR) is 116 cm³/mol. The monoisotopic (exact) mass is 400 g/mol. The Morgan fingerprint density at radius 3 is 2.21 bits per heavy atom. The number of carbonyl (C=O) groups is 1. The van der Waals surface area contributed by atoms with E-state index in [4.69, 9.17) is 0 Å². The highest BCUT2D eigenvalue weighted by atomic mass is 16.1. The first-order valence-corrected chi connectivity index (χ1v) is 11.6. The molecule has 2 saturated heterocycles. The van der Waals surface area contributed by atoms with Gasteiger partial charge in [-0.25, -0.2) is 9.97 Å². The fraction of sp³-hybridized carbons (Fsp3) is 0.773. The van der Waals surface area contributed by atoms with Crippen LogP contribution in [0.5, 0.6) is 0 Å². The Hall–Kier alpha value is -1.89. The number of hydrogen-bond acceptors (Lipinski definition) is 6. The summed E-state index contributed by atoms with van der Waals surface area (Å²) in [6.07, 6.45) is 11.9. The molecule has 0 aromatic carbocycles. The highest BCUT2D eigenvalue weighted by molar-refractivity contribution is 5.79. The maximum Gasteiger partial charge on any atom is 0.225 e. The van der Waals surface area contributed by atoms with Crippen LogP contribution in [-0.4, -0.2) is 72.6 Å². The Kier molecular flexibility index (Phi) is 6.85. The molecule has 7 nitrogen and oxygen atoms in total. The Labute approximate surface area is 174 Å². The molecule has 3 aliphatic rings. The van der Waals surface area contributed by atoms with Gasteiger partial charge in [-0.2, -0.15) is 0 Å². The van der Waals surface area contributed by atoms with Crippen molar-refractivity contribution in [1.82, 2.24) is 20.2 Å². The topological polar surface area (TPSA) is 64.6 Å². The number of anilines is 2. The number of likely N-dealkylation sites (N-methyl/N-ethyl adjacent to an activating group) is 1. The molecule has 1 N–H and O–H groups in total. The van der Waals surface area contributed by atoms with E-state index < -0.39 is 0 Å². The van der Waals surface area contributed by atoms with Crippen molar-refractivity contribution in [3.05, 3.63) is 12.4 Å². The smallest absolute Gasteiger partial charge is 0.225 e. The van der Waals surface area contributed by atoms with Crippen LogP contribution in [0.1, 0.15) is 51.9 Å². The van der Waals surface area contributed by atoms with Gasteiger partial charge in [0.05, 0.1) is 18.1 Å². The minimum Gasteiger partial charge on any atom is -0.369 e. The second-order valence-electron chi connectivity index (χ2n) is 8.77. The summed E-state index contributed by atoms with van der Waals surface area (Å²) in [6, 6.07) is 0.411. The molecule has 0 spiro atoms. The minimum absolute atomic E-state index is 0.156. The maximum atomic E-state index is 12.6. The van der Waals surface area contributed by atoms with Crippen LogP contribution in [0.15, 0.2) is 12.4 Å². The summed E-state index contributed by atoms with van der Waals surface area (Å²) in [5.41, 5.74) is 1.08. The summed E-state index contributed by atoms with van der Waals surface area (Å²) in [5, 5.41) is 3.30. The molecule has 1 aromatic rings. The number of amides is 1. The zero-order valence-corrected chi connectivity index (χ0v) is 17.9. The van der Waals surface area contributed by atoms with Crippen molar-refractivity contribution in [2.45, 2.75) is 57.9 Å². The zero-order valence-electron chi connectivity index (χ0n) is 17.9. The van der Waals surface area contributed by atoms with Crippen molar-refractivity contribution in [3.63, 3.8) is 0 Å². The molecular weight excluding hydrogens is 364 g/mol. The van der Waals surface area contributed by atoms with E-state index in [1.807, 2.05) is 12.4 Å². The molecular formula is C22H36N6O. The largest absolute Gasteiger partial charge is 0.369 e. The summed E-state index contributed by atoms with van der Waals surface area (Å²) in [6.45, 7) is 9.28. The van der Waals surface area contributed by atoms with Crippen LogP contribution in [0, 0.1) is 5.92 Å². The van der Waals surface area contributed by atoms with Crippen molar-refractivity contribution < 1.29 is 4.79 Å². The van der Waals surface area contributed by atoms with E-state index in [1.54, 1.807) is 0 Å². The van der Waals surface area contributed by atoms with E-state index in [0.29, 0.717) is 6.04 Å². The number of carbonyl (C=O) groups excluding carboxylic acids is 1. The normalized spacial score (nSPS) is 22.7. The van der Waals surface area contributed by atoms with Gasteiger partial charge in [0.1, 0.15) is 0 Å². The highest BCUT2D eigenvalue weighted by Crippen LogP contribution is 2.25. The quantitative estimate of drug-likeness (QED) is 0.818. The van der Waals surface area contributed by atoms with Crippen LogP contribution in [-0.2, 0) is 4.79 Å². The average Bonchev–Trinajstić information content (AvgIpc) is 2.80. The Bertz CT molecular complexity index is 644. The molecule has 0 bridgehead atoms. The molecule has 1 saturated carbocycles. The third-order valence-corrected chi connectivity index (χ3v) is 6.91. The number of hydrogen-bond donors (Lipinski definition) is 1. The second-order valence-corrected chi connectivity index (χ2v) is 8.77. The Balaban J connectivity index is 1.25. The van der Waals surface area contributed by atoms with E-state index in [1.165, 1.54) is 19.3 Å². The molecule has 1 amide bonds. The molecule has 0 unspecified atom stereocenters. The first kappa shape index (κ1) is 20.4. The standard InChI is InChI=1S/C22H36N6O/c1-2-26-12-14-28(15-13-26)22-23-16-20(17-24-22)27-10-8-18(9-11-27)21(29)25-19-6-4-3-5-7-19/h16-19H,2-15H2,1H3,(H,25,29). The SMILES string of the molecule is CCN1CCN(c2ncc(N3CCC(C(=O)NC4CCCCC4)CC3)cn2)CC1. The molecule has 1 aliphatic carbocycles. The Morgan fingerprint density at radius 1 is 0.931 bits per heavy atom. The fourth-order valence-electron chi connectivity index (χ4n) is 4.87. The molecule has 0 atom stereocenters. The molecule has 3 heterocycles. The average molecular weight is 401 g/mol. The van der Waals surface area contributed by atoms with Gasteiger partial charge in [-0.05, 0) is 32.2 Å². The first-order chi connectivity index (χ1) is 14.2. The van der Waals surface area contributed by atoms with Gasteiger partial charge in [0.15, 0.2) is 0 Å². The summed E-state index contributed by atoms with van der Waals surface area (Å²) >= 11 is 0. The maximum absolute atomic E-state index is 12.6. The Morgan fingerprint density at radius 2 is 1.59 bits per heavy atom. The van der Waals surface area contributed by atoms with Crippen LogP contribution in [0.4, 0.5) is 11.6 Å². The zero-order chi connectivity index (χ0) is 20.1. The number of rotatable bonds is 5. The fourth-order valence-corrected chi connectivity index (χ4v) is 4.87. The molecule has 4 rings (SSSR count). The third-order valence-electron chi connectivity index (χ3n) is 6.91. The van der Waals surface area contributed by atoms with Gasteiger partial charge in [-0.3, -0.25) is 4.79 Å². The van der Waals surface area contributed by atoms with Crippen LogP contribution >= 0.6 is 0 Å². The summed E-state index contributed by atoms with van der Waals surface area (Å²) in [5.74, 6) is 1.27. The number of nitrogens with zero attached hydrogens (tertiary/aromatic N) is 5. The number of aromatic nitrogens is 2. The van der Waals surface area contributed by atoms with E-state index in [-0.39, 0.29) is 11.8 Å². The van der Waals surface area contributed by atoms with Gasteiger partial charge < -0.3 is 20.0 Å². The summed E-state index contributed by atoms with van der Waals surface area (Å²) < 4.78 is 0. The van der Waals surface area contributed by atoms with Gasteiger partial charge in [0, 0.05) is 51.2 Å². The molecule has 160 valence electrons. The van der Waals surface area contributed by atoms with Crippen molar-refractivity contribution in [2.24, 2.45) is 5.92 Å². The highest BCUT2D eigenvalue weighted by Gasteiger charge is 2.27. The third kappa shape index (κ3) is 5.18. The van der Waals surface area contributed by atoms with E-state index >= 15 is 0 Å². The molecule has 7 heteroatoms. The van der Waals surface area contributed by atoms with Crippen molar-refractivity contribution in [2.75, 3.05) is 55.6 Å². The first-order valence-electron chi connectivity index (χ1n) is 11.6. The number of piperazine rings is 1. The van der Waals surface area contributed by atoms with Crippen LogP contribution in [0.2, 0.25) is 0 Å². The molecule has 2 aliphatic heterocycles. The van der Waals surface area contributed by atoms with E-state index in [9.17, 15) is 4.79 Å². The van der Waals surface area contributed by atoms with Crippen LogP contribution in [0.25, 0.3) is 0 Å². The van der Waals surface area contributed by atoms with E-state index in [2.05, 4.69) is 36.9 Å². The van der Waals surface area contributed by atoms with Crippen molar-refractivity contribution in [1.29, 1.82) is 0 Å². The predicted octanol–water partition coefficient (Wildman–Crippen LogP) is 2.28. The van der Waals surface area contributed by atoms with E-state index in [0.717, 1.165) is 83.1 Å². The lowest BCUT2D eigenvalue weighted by Crippen LogP contribution is -2.46. The summed E-state index contributed by atoms with van der Waals surface area (Å²) in [4.78, 5) is 28.9. The van der Waals surface area contributed by atoms with Crippen LogP contribution in [0.3, 0.4) is 0 Å². The van der Waals surface area contributed by atoms with Crippen molar-refractivity contribution >= 4 is 17.5 Å². The molecule has 29 heavy (non-hydrogen) atoms. The van der Waals surface area contributed by atoms with Gasteiger partial charge in [-0.1, -0.05) is 26.2 Å². The minimum atomic E-state index is 0.156. The van der Waals surface area contributed by atoms with Gasteiger partial charge in [0.2, 0.25) is 11.9 Å². The van der Waals surface area contributed by atoms with Gasteiger partial charge in [-0.15, -0.1) is 0 Å². The molecule has 1 aromatic heterocycles. The number of piperidine rings is 1. The van der Waals surface area contributed by atoms with Crippen molar-refractivity contribution in [3.8, 4) is 0 Å².